The van der Waals surface area contributed by atoms with Crippen LogP contribution in [0.1, 0.15) is 144 Å². The van der Waals surface area contributed by atoms with E-state index in [2.05, 4.69) is 226 Å². The number of nitrogens with zero attached hydrogens (tertiary/aromatic N) is 4. The zero-order valence-corrected chi connectivity index (χ0v) is 54.2. The van der Waals surface area contributed by atoms with Crippen LogP contribution in [0.2, 0.25) is 0 Å². The van der Waals surface area contributed by atoms with Gasteiger partial charge in [-0.05, 0) is 183 Å². The third-order valence-electron chi connectivity index (χ3n) is 19.2. The average Bonchev–Trinajstić information content (AvgIpc) is 1.57. The molecule has 0 saturated heterocycles. The number of fused-ring (bicyclic) bond motifs is 14. The fraction of sp³-hybridized carbons (Fsp3) is 0.214. The predicted octanol–water partition coefficient (Wildman–Crippen LogP) is 21.6. The van der Waals surface area contributed by atoms with Gasteiger partial charge >= 0.3 is 5.97 Å². The van der Waals surface area contributed by atoms with Gasteiger partial charge < -0.3 is 29.4 Å². The topological polar surface area (TPSA) is 140 Å². The highest BCUT2D eigenvalue weighted by Crippen LogP contribution is 2.55. The minimum absolute atomic E-state index is 0.345. The number of carboxylic acids is 1. The molecule has 0 radical (unpaired) electrons. The first kappa shape index (κ1) is 60.8. The van der Waals surface area contributed by atoms with Crippen molar-refractivity contribution in [3.05, 3.63) is 238 Å². The normalized spacial score (nSPS) is 13.6. The number of ether oxygens (including phenoxy) is 2. The Bertz CT molecular complexity index is 4760. The molecule has 3 N–H and O–H groups in total. The molecule has 5 heterocycles. The minimum Gasteiger partial charge on any atom is -0.494 e. The fourth-order valence-electron chi connectivity index (χ4n) is 14.3. The van der Waals surface area contributed by atoms with Gasteiger partial charge in [0.05, 0.1) is 47.2 Å². The van der Waals surface area contributed by atoms with Crippen molar-refractivity contribution in [3.8, 4) is 73.2 Å². The lowest BCUT2D eigenvalue weighted by atomic mass is 9.82. The second-order valence-corrected chi connectivity index (χ2v) is 26.1. The molecule has 0 amide bonds. The number of H-pyrrole nitrogens is 2. The van der Waals surface area contributed by atoms with Gasteiger partial charge in [0, 0.05) is 55.4 Å². The number of carbonyl (C=O) groups is 1. The summed E-state index contributed by atoms with van der Waals surface area (Å²) in [6.45, 7) is 15.3. The van der Waals surface area contributed by atoms with Gasteiger partial charge in [0.15, 0.2) is 0 Å². The smallest absolute Gasteiger partial charge is 0.346 e. The number of aliphatic carboxylic acids is 1. The Labute approximate surface area is 550 Å². The largest absolute Gasteiger partial charge is 0.494 e. The molecule has 466 valence electrons. The second kappa shape index (κ2) is 25.4. The average molecular weight is 1230 g/mol. The number of rotatable bonds is 20. The Morgan fingerprint density at radius 2 is 0.894 bits per heavy atom. The summed E-state index contributed by atoms with van der Waals surface area (Å²) in [5.74, 6) is 0.535. The van der Waals surface area contributed by atoms with E-state index < -0.39 is 5.97 Å². The van der Waals surface area contributed by atoms with Gasteiger partial charge in [0.25, 0.3) is 0 Å². The van der Waals surface area contributed by atoms with Crippen LogP contribution in [-0.2, 0) is 15.6 Å². The van der Waals surface area contributed by atoms with Crippen LogP contribution < -0.4 is 14.4 Å². The van der Waals surface area contributed by atoms with Gasteiger partial charge in [0.1, 0.15) is 23.1 Å². The van der Waals surface area contributed by atoms with Crippen molar-refractivity contribution in [1.82, 2.24) is 19.9 Å². The molecular weight excluding hydrogens is 1160 g/mol. The van der Waals surface area contributed by atoms with E-state index in [9.17, 15) is 15.2 Å². The Hall–Kier alpha value is -10.8. The summed E-state index contributed by atoms with van der Waals surface area (Å²) in [6, 6.07) is 66.2. The molecule has 7 aromatic carbocycles. The van der Waals surface area contributed by atoms with Crippen LogP contribution >= 0.6 is 0 Å². The summed E-state index contributed by atoms with van der Waals surface area (Å²) in [6.07, 6.45) is 19.0. The molecule has 14 rings (SSSR count). The number of carboxylic acid groups (broad SMARTS) is 1. The molecule has 10 nitrogen and oxygen atoms in total. The van der Waals surface area contributed by atoms with Crippen molar-refractivity contribution in [1.29, 1.82) is 5.26 Å². The maximum atomic E-state index is 11.9. The maximum absolute atomic E-state index is 11.9. The van der Waals surface area contributed by atoms with E-state index in [4.69, 9.17) is 19.4 Å². The number of unbranched alkanes of at least 4 members (excludes halogenated alkanes) is 6. The molecule has 2 aliphatic carbocycles. The number of aromatic amines is 2. The molecule has 4 aliphatic rings. The van der Waals surface area contributed by atoms with Gasteiger partial charge in [-0.15, -0.1) is 0 Å². The predicted molar refractivity (Wildman–Crippen MR) is 385 cm³/mol. The molecule has 0 saturated carbocycles. The first-order valence-electron chi connectivity index (χ1n) is 33.2. The van der Waals surface area contributed by atoms with E-state index in [1.165, 1.54) is 76.3 Å². The number of nitrogens with one attached hydrogen (secondary N) is 2. The number of hydrogen-bond acceptors (Lipinski definition) is 7. The summed E-state index contributed by atoms with van der Waals surface area (Å²) in [4.78, 5) is 33.6. The Morgan fingerprint density at radius 1 is 0.489 bits per heavy atom. The summed E-state index contributed by atoms with van der Waals surface area (Å²) in [5, 5.41) is 19.3. The van der Waals surface area contributed by atoms with Gasteiger partial charge in [-0.3, -0.25) is 0 Å². The molecule has 8 bridgehead atoms. The molecule has 10 heteroatoms. The number of hydrogen-bond donors (Lipinski definition) is 3. The van der Waals surface area contributed by atoms with Crippen molar-refractivity contribution in [2.24, 2.45) is 0 Å². The molecule has 0 unspecified atom stereocenters. The maximum Gasteiger partial charge on any atom is 0.346 e. The molecule has 2 aliphatic heterocycles. The van der Waals surface area contributed by atoms with E-state index in [1.807, 2.05) is 42.5 Å². The first-order chi connectivity index (χ1) is 45.8. The Kier molecular flexibility index (Phi) is 16.4. The van der Waals surface area contributed by atoms with Gasteiger partial charge in [-0.25, -0.2) is 14.8 Å². The number of aromatic nitrogens is 4. The quantitative estimate of drug-likeness (QED) is 0.0389. The number of anilines is 3. The van der Waals surface area contributed by atoms with Crippen molar-refractivity contribution >= 4 is 75.5 Å². The standard InChI is InChI=1S/C84H76N6O4/c1-7-9-11-19-45-93-60-31-35-64-62-33-29-58(48-66(62)83(3,4)68(64)50-60)90(59-30-34-63-65-36-32-61(94-46-20-12-10-8-2)51-69(65)84(5,6)67(63)49-59)81-76-43-41-74(88-76)78(54-21-15-13-16-22-54)70-37-39-72(86-70)80(56-27-25-53(26-28-56)47-57(52-85)82(91)92)73-40-38-71(87-73)79(55-23-17-14-18-24-55)75-42-44-77(81)89-75/h13-18,21-44,47-51,86,89H,7-12,19-20,45-46H2,1-6H3,(H,91,92)/b57-47-,78-70?,78-74?,79-71?,79-75?,80-72?,80-73?,81-76?,81-77?. The first-order valence-corrected chi connectivity index (χ1v) is 33.2. The van der Waals surface area contributed by atoms with E-state index >= 15 is 0 Å². The van der Waals surface area contributed by atoms with Crippen LogP contribution in [0.25, 0.3) is 108 Å². The third kappa shape index (κ3) is 11.3. The van der Waals surface area contributed by atoms with Crippen LogP contribution in [0.4, 0.5) is 17.1 Å². The summed E-state index contributed by atoms with van der Waals surface area (Å²) < 4.78 is 12.9. The zero-order chi connectivity index (χ0) is 64.7. The molecule has 3 aromatic heterocycles. The minimum atomic E-state index is -1.28. The van der Waals surface area contributed by atoms with E-state index in [0.29, 0.717) is 18.8 Å². The van der Waals surface area contributed by atoms with E-state index in [1.54, 1.807) is 0 Å². The van der Waals surface area contributed by atoms with E-state index in [-0.39, 0.29) is 16.4 Å². The molecule has 0 fully saturated rings. The van der Waals surface area contributed by atoms with Crippen LogP contribution in [-0.4, -0.2) is 44.2 Å². The monoisotopic (exact) mass is 1230 g/mol. The van der Waals surface area contributed by atoms with Crippen molar-refractivity contribution in [3.63, 3.8) is 0 Å². The molecule has 94 heavy (non-hydrogen) atoms. The van der Waals surface area contributed by atoms with Crippen molar-refractivity contribution < 1.29 is 19.4 Å². The van der Waals surface area contributed by atoms with Crippen LogP contribution in [0.15, 0.2) is 188 Å². The summed E-state index contributed by atoms with van der Waals surface area (Å²) in [5.41, 5.74) is 24.1. The van der Waals surface area contributed by atoms with Crippen molar-refractivity contribution in [2.45, 2.75) is 104 Å². The SMILES string of the molecule is CCCCCCOc1ccc2c(c1)C(C)(C)c1cc(N(c3ccc4c(c3)C(C)(C)c3cc(OCCCCCC)ccc3-4)c3c4nc(c(-c5ccccc5)c5ccc([nH]5)c(-c5ccc(/C=C(/C#N)C(=O)O)cc5)c5nc(c(-c6ccccc6)c6ccc3[nH]6)C=C5)C=C4)ccc1-2. The van der Waals surface area contributed by atoms with Crippen LogP contribution in [0, 0.1) is 11.3 Å². The lowest BCUT2D eigenvalue weighted by molar-refractivity contribution is -0.132. The molecule has 0 atom stereocenters. The van der Waals surface area contributed by atoms with E-state index in [0.717, 1.165) is 132 Å². The Morgan fingerprint density at radius 3 is 1.34 bits per heavy atom. The van der Waals surface area contributed by atoms with Crippen molar-refractivity contribution in [2.75, 3.05) is 18.1 Å². The van der Waals surface area contributed by atoms with Gasteiger partial charge in [-0.1, -0.05) is 189 Å². The second-order valence-electron chi connectivity index (χ2n) is 26.1. The van der Waals surface area contributed by atoms with Crippen LogP contribution in [0.5, 0.6) is 11.5 Å². The highest BCUT2D eigenvalue weighted by Gasteiger charge is 2.39. The lowest BCUT2D eigenvalue weighted by Gasteiger charge is -2.30. The Balaban J connectivity index is 1.02. The van der Waals surface area contributed by atoms with Gasteiger partial charge in [0.2, 0.25) is 0 Å². The lowest BCUT2D eigenvalue weighted by Crippen LogP contribution is -2.18. The fourth-order valence-corrected chi connectivity index (χ4v) is 14.3. The molecular formula is C84H76N6O4. The molecule has 10 aromatic rings. The summed E-state index contributed by atoms with van der Waals surface area (Å²) in [7, 11) is 0. The van der Waals surface area contributed by atoms with Crippen LogP contribution in [0.3, 0.4) is 0 Å². The third-order valence-corrected chi connectivity index (χ3v) is 19.2. The highest BCUT2D eigenvalue weighted by molar-refractivity contribution is 6.02. The number of benzene rings is 7. The highest BCUT2D eigenvalue weighted by atomic mass is 16.5. The van der Waals surface area contributed by atoms with Gasteiger partial charge in [-0.2, -0.15) is 5.26 Å². The number of nitriles is 1. The summed E-state index contributed by atoms with van der Waals surface area (Å²) >= 11 is 0. The zero-order valence-electron chi connectivity index (χ0n) is 54.2. The molecule has 0 spiro atoms.